The van der Waals surface area contributed by atoms with Crippen molar-refractivity contribution in [2.45, 2.75) is 13.8 Å². The van der Waals surface area contributed by atoms with Crippen molar-refractivity contribution in [1.29, 1.82) is 0 Å². The van der Waals surface area contributed by atoms with Crippen molar-refractivity contribution in [3.05, 3.63) is 58.6 Å². The van der Waals surface area contributed by atoms with Crippen molar-refractivity contribution in [2.75, 3.05) is 23.3 Å². The second kappa shape index (κ2) is 7.42. The van der Waals surface area contributed by atoms with Crippen LogP contribution >= 0.6 is 11.6 Å². The normalized spacial score (nSPS) is 10.5. The minimum atomic E-state index is -0.942. The van der Waals surface area contributed by atoms with Crippen LogP contribution in [0.2, 0.25) is 5.02 Å². The number of likely N-dealkylation sites (N-methyl/N-ethyl adjacent to an activating group) is 1. The van der Waals surface area contributed by atoms with Gasteiger partial charge < -0.3 is 10.2 Å². The summed E-state index contributed by atoms with van der Waals surface area (Å²) in [5.74, 6) is -2.15. The Balaban J connectivity index is 2.08. The van der Waals surface area contributed by atoms with Gasteiger partial charge in [0.2, 0.25) is 5.91 Å². The highest BCUT2D eigenvalue weighted by molar-refractivity contribution is 6.33. The second-order valence-electron chi connectivity index (χ2n) is 5.14. The van der Waals surface area contributed by atoms with Crippen LogP contribution in [0.5, 0.6) is 0 Å². The average Bonchev–Trinajstić information content (AvgIpc) is 2.50. The summed E-state index contributed by atoms with van der Waals surface area (Å²) in [6, 6.07) is 8.88. The predicted octanol–water partition coefficient (Wildman–Crippen LogP) is 4.39. The first-order valence-electron chi connectivity index (χ1n) is 7.16. The van der Waals surface area contributed by atoms with E-state index in [9.17, 15) is 13.6 Å². The number of benzene rings is 2. The number of rotatable bonds is 5. The molecular weight excluding hydrogens is 322 g/mol. The molecule has 0 radical (unpaired) electrons. The van der Waals surface area contributed by atoms with E-state index in [1.807, 2.05) is 19.9 Å². The van der Waals surface area contributed by atoms with Gasteiger partial charge in [-0.1, -0.05) is 17.7 Å². The molecule has 0 aliphatic rings. The molecule has 0 spiro atoms. The Bertz CT molecular complexity index is 722. The van der Waals surface area contributed by atoms with Crippen molar-refractivity contribution < 1.29 is 13.6 Å². The van der Waals surface area contributed by atoms with Crippen LogP contribution in [0.25, 0.3) is 0 Å². The third-order valence-corrected chi connectivity index (χ3v) is 3.70. The zero-order valence-corrected chi connectivity index (χ0v) is 13.6. The van der Waals surface area contributed by atoms with Crippen LogP contribution in [-0.4, -0.2) is 19.0 Å². The molecule has 2 aromatic carbocycles. The highest BCUT2D eigenvalue weighted by Crippen LogP contribution is 2.23. The molecule has 122 valence electrons. The molecule has 3 nitrogen and oxygen atoms in total. The van der Waals surface area contributed by atoms with Gasteiger partial charge in [0.25, 0.3) is 0 Å². The van der Waals surface area contributed by atoms with Gasteiger partial charge in [-0.15, -0.1) is 0 Å². The molecule has 6 heteroatoms. The van der Waals surface area contributed by atoms with Crippen molar-refractivity contribution in [1.82, 2.24) is 0 Å². The minimum absolute atomic E-state index is 0.00573. The molecular formula is C17H17ClF2N2O. The molecule has 0 saturated heterocycles. The largest absolute Gasteiger partial charge is 0.362 e. The minimum Gasteiger partial charge on any atom is -0.362 e. The van der Waals surface area contributed by atoms with Crippen molar-refractivity contribution >= 4 is 28.9 Å². The number of aryl methyl sites for hydroxylation is 1. The number of nitrogens with one attached hydrogen (secondary N) is 1. The molecule has 1 N–H and O–H groups in total. The van der Waals surface area contributed by atoms with E-state index in [1.165, 1.54) is 6.07 Å². The number of amides is 1. The summed E-state index contributed by atoms with van der Waals surface area (Å²) >= 11 is 6.08. The molecule has 2 aromatic rings. The molecule has 0 fully saturated rings. The summed E-state index contributed by atoms with van der Waals surface area (Å²) in [7, 11) is 0. The van der Waals surface area contributed by atoms with Crippen molar-refractivity contribution in [3.8, 4) is 0 Å². The SMILES string of the molecule is CCN(CC(=O)Nc1ccc(C)cc1Cl)c1ccc(F)c(F)c1. The first-order chi connectivity index (χ1) is 10.9. The summed E-state index contributed by atoms with van der Waals surface area (Å²) in [6.45, 7) is 4.21. The molecule has 0 unspecified atom stereocenters. The number of hydrogen-bond acceptors (Lipinski definition) is 2. The molecule has 0 heterocycles. The Morgan fingerprint density at radius 1 is 1.17 bits per heavy atom. The topological polar surface area (TPSA) is 32.3 Å². The van der Waals surface area contributed by atoms with Crippen LogP contribution in [-0.2, 0) is 4.79 Å². The quantitative estimate of drug-likeness (QED) is 0.876. The fourth-order valence-electron chi connectivity index (χ4n) is 2.15. The van der Waals surface area contributed by atoms with Crippen LogP contribution in [0, 0.1) is 18.6 Å². The maximum Gasteiger partial charge on any atom is 0.243 e. The molecule has 0 aliphatic carbocycles. The highest BCUT2D eigenvalue weighted by atomic mass is 35.5. The second-order valence-corrected chi connectivity index (χ2v) is 5.55. The number of carbonyl (C=O) groups is 1. The van der Waals surface area contributed by atoms with E-state index in [2.05, 4.69) is 5.32 Å². The third kappa shape index (κ3) is 4.42. The highest BCUT2D eigenvalue weighted by Gasteiger charge is 2.13. The molecule has 0 atom stereocenters. The summed E-state index contributed by atoms with van der Waals surface area (Å²) in [5, 5.41) is 3.17. The van der Waals surface area contributed by atoms with Crippen LogP contribution in [0.4, 0.5) is 20.2 Å². The van der Waals surface area contributed by atoms with Gasteiger partial charge in [0, 0.05) is 18.3 Å². The van der Waals surface area contributed by atoms with Gasteiger partial charge >= 0.3 is 0 Å². The van der Waals surface area contributed by atoms with E-state index in [0.29, 0.717) is 22.9 Å². The lowest BCUT2D eigenvalue weighted by molar-refractivity contribution is -0.115. The number of nitrogens with zero attached hydrogens (tertiary/aromatic N) is 1. The molecule has 0 bridgehead atoms. The molecule has 0 aliphatic heterocycles. The number of halogens is 3. The monoisotopic (exact) mass is 338 g/mol. The van der Waals surface area contributed by atoms with E-state index in [4.69, 9.17) is 11.6 Å². The fourth-order valence-corrected chi connectivity index (χ4v) is 2.43. The van der Waals surface area contributed by atoms with Gasteiger partial charge in [-0.3, -0.25) is 4.79 Å². The smallest absolute Gasteiger partial charge is 0.243 e. The Morgan fingerprint density at radius 3 is 2.52 bits per heavy atom. The van der Waals surface area contributed by atoms with Gasteiger partial charge in [-0.25, -0.2) is 8.78 Å². The van der Waals surface area contributed by atoms with E-state index in [0.717, 1.165) is 17.7 Å². The molecule has 0 aromatic heterocycles. The zero-order chi connectivity index (χ0) is 17.0. The Kier molecular flexibility index (Phi) is 5.55. The number of anilines is 2. The summed E-state index contributed by atoms with van der Waals surface area (Å²) in [4.78, 5) is 13.8. The zero-order valence-electron chi connectivity index (χ0n) is 12.9. The first kappa shape index (κ1) is 17.2. The average molecular weight is 339 g/mol. The summed E-state index contributed by atoms with van der Waals surface area (Å²) < 4.78 is 26.3. The maximum atomic E-state index is 13.3. The lowest BCUT2D eigenvalue weighted by Crippen LogP contribution is -2.33. The Hall–Kier alpha value is -2.14. The van der Waals surface area contributed by atoms with Crippen LogP contribution < -0.4 is 10.2 Å². The number of carbonyl (C=O) groups excluding carboxylic acids is 1. The maximum absolute atomic E-state index is 13.3. The fraction of sp³-hybridized carbons (Fsp3) is 0.235. The van der Waals surface area contributed by atoms with E-state index in [1.54, 1.807) is 17.0 Å². The van der Waals surface area contributed by atoms with Crippen LogP contribution in [0.15, 0.2) is 36.4 Å². The molecule has 2 rings (SSSR count). The van der Waals surface area contributed by atoms with E-state index >= 15 is 0 Å². The summed E-state index contributed by atoms with van der Waals surface area (Å²) in [6.07, 6.45) is 0. The lowest BCUT2D eigenvalue weighted by atomic mass is 10.2. The van der Waals surface area contributed by atoms with E-state index < -0.39 is 11.6 Å². The lowest BCUT2D eigenvalue weighted by Gasteiger charge is -2.22. The predicted molar refractivity (Wildman–Crippen MR) is 89.1 cm³/mol. The van der Waals surface area contributed by atoms with Gasteiger partial charge in [0.1, 0.15) is 0 Å². The van der Waals surface area contributed by atoms with Crippen LogP contribution in [0.3, 0.4) is 0 Å². The third-order valence-electron chi connectivity index (χ3n) is 3.38. The van der Waals surface area contributed by atoms with Crippen LogP contribution in [0.1, 0.15) is 12.5 Å². The number of hydrogen-bond donors (Lipinski definition) is 1. The standard InChI is InChI=1S/C17H17ClF2N2O/c1-3-22(12-5-6-14(19)15(20)9-12)10-17(23)21-16-7-4-11(2)8-13(16)18/h4-9H,3,10H2,1-2H3,(H,21,23). The molecule has 0 saturated carbocycles. The van der Waals surface area contributed by atoms with Gasteiger partial charge in [0.15, 0.2) is 11.6 Å². The van der Waals surface area contributed by atoms with Gasteiger partial charge in [0.05, 0.1) is 17.3 Å². The van der Waals surface area contributed by atoms with E-state index in [-0.39, 0.29) is 12.5 Å². The summed E-state index contributed by atoms with van der Waals surface area (Å²) in [5.41, 5.74) is 1.95. The van der Waals surface area contributed by atoms with Gasteiger partial charge in [-0.05, 0) is 43.7 Å². The first-order valence-corrected chi connectivity index (χ1v) is 7.54. The Morgan fingerprint density at radius 2 is 1.91 bits per heavy atom. The molecule has 23 heavy (non-hydrogen) atoms. The van der Waals surface area contributed by atoms with Crippen molar-refractivity contribution in [2.24, 2.45) is 0 Å². The molecule has 1 amide bonds. The van der Waals surface area contributed by atoms with Crippen molar-refractivity contribution in [3.63, 3.8) is 0 Å². The van der Waals surface area contributed by atoms with Gasteiger partial charge in [-0.2, -0.15) is 0 Å². The Labute approximate surface area is 138 Å².